The van der Waals surface area contributed by atoms with Gasteiger partial charge in [-0.1, -0.05) is 42.5 Å². The molecule has 1 heterocycles. The fourth-order valence-electron chi connectivity index (χ4n) is 3.96. The number of nitro benzene ring substituents is 1. The van der Waals surface area contributed by atoms with E-state index in [1.807, 2.05) is 0 Å². The summed E-state index contributed by atoms with van der Waals surface area (Å²) >= 11 is 11.8. The monoisotopic (exact) mass is 427 g/mol. The second-order valence-electron chi connectivity index (χ2n) is 7.48. The molecular formula is C19H23Cl2N3O4. The maximum Gasteiger partial charge on any atom is 0.290 e. The minimum absolute atomic E-state index is 0.00970. The summed E-state index contributed by atoms with van der Waals surface area (Å²) < 4.78 is 0. The van der Waals surface area contributed by atoms with Crippen LogP contribution in [0.3, 0.4) is 0 Å². The van der Waals surface area contributed by atoms with E-state index in [9.17, 15) is 19.7 Å². The van der Waals surface area contributed by atoms with Gasteiger partial charge < -0.3 is 10.2 Å². The zero-order valence-corrected chi connectivity index (χ0v) is 17.0. The predicted molar refractivity (Wildman–Crippen MR) is 107 cm³/mol. The number of rotatable bonds is 4. The molecule has 7 nitrogen and oxygen atoms in total. The number of benzene rings is 1. The lowest BCUT2D eigenvalue weighted by Crippen LogP contribution is -2.47. The molecular weight excluding hydrogens is 405 g/mol. The van der Waals surface area contributed by atoms with Crippen LogP contribution in [0.25, 0.3) is 0 Å². The van der Waals surface area contributed by atoms with Crippen molar-refractivity contribution in [1.82, 2.24) is 10.2 Å². The maximum atomic E-state index is 12.9. The van der Waals surface area contributed by atoms with Gasteiger partial charge in [0, 0.05) is 30.8 Å². The summed E-state index contributed by atoms with van der Waals surface area (Å²) in [6.45, 7) is 0.797. The summed E-state index contributed by atoms with van der Waals surface area (Å²) in [7, 11) is 0. The fraction of sp³-hybridized carbons (Fsp3) is 0.579. The van der Waals surface area contributed by atoms with Crippen molar-refractivity contribution in [2.24, 2.45) is 5.92 Å². The third-order valence-corrected chi connectivity index (χ3v) is 6.28. The standard InChI is InChI=1S/C19H23Cl2N3O4/c20-15-9-13(10-16(17(15)21)24(27)28)19(26)23-8-4-5-12(11-23)18(25)22-14-6-2-1-3-7-14/h9-10,12,14H,1-8,11H2,(H,22,25)/t12-/m1/s1. The van der Waals surface area contributed by atoms with Crippen LogP contribution in [-0.4, -0.2) is 40.8 Å². The average molecular weight is 428 g/mol. The minimum atomic E-state index is -0.665. The van der Waals surface area contributed by atoms with E-state index in [2.05, 4.69) is 5.32 Å². The Hall–Kier alpha value is -1.86. The first-order chi connectivity index (χ1) is 13.4. The number of carbonyl (C=O) groups is 2. The van der Waals surface area contributed by atoms with E-state index < -0.39 is 10.6 Å². The van der Waals surface area contributed by atoms with Crippen LogP contribution in [0.5, 0.6) is 0 Å². The highest BCUT2D eigenvalue weighted by atomic mass is 35.5. The second-order valence-corrected chi connectivity index (χ2v) is 8.27. The molecule has 0 spiro atoms. The van der Waals surface area contributed by atoms with E-state index in [-0.39, 0.29) is 39.4 Å². The van der Waals surface area contributed by atoms with Gasteiger partial charge in [0.1, 0.15) is 5.02 Å². The number of nitro groups is 1. The highest BCUT2D eigenvalue weighted by Gasteiger charge is 2.31. The van der Waals surface area contributed by atoms with Crippen LogP contribution in [0.15, 0.2) is 12.1 Å². The molecule has 1 aliphatic carbocycles. The quantitative estimate of drug-likeness (QED) is 0.575. The molecule has 1 N–H and O–H groups in total. The van der Waals surface area contributed by atoms with Crippen LogP contribution in [-0.2, 0) is 4.79 Å². The topological polar surface area (TPSA) is 92.6 Å². The summed E-state index contributed by atoms with van der Waals surface area (Å²) in [4.78, 5) is 37.5. The molecule has 1 aliphatic heterocycles. The molecule has 9 heteroatoms. The molecule has 1 atom stereocenters. The molecule has 1 aromatic rings. The Morgan fingerprint density at radius 2 is 1.82 bits per heavy atom. The van der Waals surface area contributed by atoms with E-state index in [4.69, 9.17) is 23.2 Å². The molecule has 0 aromatic heterocycles. The van der Waals surface area contributed by atoms with E-state index in [0.717, 1.165) is 38.2 Å². The van der Waals surface area contributed by atoms with Gasteiger partial charge in [-0.3, -0.25) is 19.7 Å². The van der Waals surface area contributed by atoms with Crippen LogP contribution >= 0.6 is 23.2 Å². The predicted octanol–water partition coefficient (Wildman–Crippen LogP) is 4.20. The molecule has 0 unspecified atom stereocenters. The van der Waals surface area contributed by atoms with E-state index in [1.165, 1.54) is 12.5 Å². The number of hydrogen-bond donors (Lipinski definition) is 1. The van der Waals surface area contributed by atoms with Crippen molar-refractivity contribution >= 4 is 40.7 Å². The van der Waals surface area contributed by atoms with Crippen molar-refractivity contribution < 1.29 is 14.5 Å². The number of amides is 2. The smallest absolute Gasteiger partial charge is 0.290 e. The Morgan fingerprint density at radius 3 is 2.50 bits per heavy atom. The van der Waals surface area contributed by atoms with Crippen molar-refractivity contribution in [2.75, 3.05) is 13.1 Å². The lowest BCUT2D eigenvalue weighted by molar-refractivity contribution is -0.384. The number of carbonyl (C=O) groups excluding carboxylic acids is 2. The summed E-state index contributed by atoms with van der Waals surface area (Å²) in [5.41, 5.74) is -0.296. The molecule has 2 aliphatic rings. The third-order valence-electron chi connectivity index (χ3n) is 5.48. The molecule has 1 aromatic carbocycles. The van der Waals surface area contributed by atoms with E-state index >= 15 is 0 Å². The van der Waals surface area contributed by atoms with Gasteiger partial charge in [0.25, 0.3) is 11.6 Å². The van der Waals surface area contributed by atoms with Gasteiger partial charge in [-0.15, -0.1) is 0 Å². The Morgan fingerprint density at radius 1 is 1.11 bits per heavy atom. The molecule has 2 fully saturated rings. The van der Waals surface area contributed by atoms with Crippen molar-refractivity contribution in [3.05, 3.63) is 37.9 Å². The van der Waals surface area contributed by atoms with Gasteiger partial charge in [0.2, 0.25) is 5.91 Å². The zero-order chi connectivity index (χ0) is 20.3. The zero-order valence-electron chi connectivity index (χ0n) is 15.5. The number of likely N-dealkylation sites (tertiary alicyclic amines) is 1. The van der Waals surface area contributed by atoms with Gasteiger partial charge in [0.15, 0.2) is 0 Å². The molecule has 152 valence electrons. The molecule has 1 saturated heterocycles. The molecule has 0 bridgehead atoms. The van der Waals surface area contributed by atoms with E-state index in [0.29, 0.717) is 19.5 Å². The normalized spacial score (nSPS) is 20.6. The van der Waals surface area contributed by atoms with Crippen molar-refractivity contribution in [2.45, 2.75) is 51.0 Å². The maximum absolute atomic E-state index is 12.9. The number of nitrogens with zero attached hydrogens (tertiary/aromatic N) is 2. The van der Waals surface area contributed by atoms with Crippen LogP contribution in [0, 0.1) is 16.0 Å². The van der Waals surface area contributed by atoms with Crippen molar-refractivity contribution in [3.8, 4) is 0 Å². The molecule has 3 rings (SSSR count). The number of piperidine rings is 1. The fourth-order valence-corrected chi connectivity index (χ4v) is 4.35. The van der Waals surface area contributed by atoms with Gasteiger partial charge in [-0.25, -0.2) is 0 Å². The Labute approximate surface area is 173 Å². The second kappa shape index (κ2) is 9.09. The van der Waals surface area contributed by atoms with Gasteiger partial charge >= 0.3 is 0 Å². The summed E-state index contributed by atoms with van der Waals surface area (Å²) in [6, 6.07) is 2.71. The Kier molecular flexibility index (Phi) is 6.78. The number of nitrogens with one attached hydrogen (secondary N) is 1. The largest absolute Gasteiger partial charge is 0.353 e. The van der Waals surface area contributed by atoms with Crippen LogP contribution in [0.4, 0.5) is 5.69 Å². The summed E-state index contributed by atoms with van der Waals surface area (Å²) in [6.07, 6.45) is 6.93. The van der Waals surface area contributed by atoms with Gasteiger partial charge in [-0.05, 0) is 31.7 Å². The van der Waals surface area contributed by atoms with Gasteiger partial charge in [-0.2, -0.15) is 0 Å². The number of halogens is 2. The first-order valence-corrected chi connectivity index (χ1v) is 10.4. The summed E-state index contributed by atoms with van der Waals surface area (Å²) in [5.74, 6) is -0.654. The van der Waals surface area contributed by atoms with Crippen LogP contribution in [0.2, 0.25) is 10.0 Å². The van der Waals surface area contributed by atoms with Gasteiger partial charge in [0.05, 0.1) is 15.9 Å². The SMILES string of the molecule is O=C(NC1CCCCC1)[C@@H]1CCCN(C(=O)c2cc(Cl)c(Cl)c([N+](=O)[O-])c2)C1. The summed E-state index contributed by atoms with van der Waals surface area (Å²) in [5, 5.41) is 14.0. The lowest BCUT2D eigenvalue weighted by atomic mass is 9.92. The number of hydrogen-bond acceptors (Lipinski definition) is 4. The van der Waals surface area contributed by atoms with E-state index in [1.54, 1.807) is 4.90 Å². The molecule has 2 amide bonds. The van der Waals surface area contributed by atoms with Crippen molar-refractivity contribution in [3.63, 3.8) is 0 Å². The van der Waals surface area contributed by atoms with Crippen LogP contribution in [0.1, 0.15) is 55.3 Å². The lowest BCUT2D eigenvalue weighted by Gasteiger charge is -2.33. The minimum Gasteiger partial charge on any atom is -0.353 e. The highest BCUT2D eigenvalue weighted by molar-refractivity contribution is 6.43. The van der Waals surface area contributed by atoms with Crippen LogP contribution < -0.4 is 5.32 Å². The molecule has 1 saturated carbocycles. The average Bonchev–Trinajstić information content (AvgIpc) is 2.70. The molecule has 28 heavy (non-hydrogen) atoms. The third kappa shape index (κ3) is 4.75. The first-order valence-electron chi connectivity index (χ1n) is 9.60. The highest BCUT2D eigenvalue weighted by Crippen LogP contribution is 2.34. The Bertz CT molecular complexity index is 781. The molecule has 0 radical (unpaired) electrons. The van der Waals surface area contributed by atoms with Crippen molar-refractivity contribution in [1.29, 1.82) is 0 Å². The Balaban J connectivity index is 1.69. The first kappa shape index (κ1) is 20.9.